The zero-order valence-corrected chi connectivity index (χ0v) is 11.0. The lowest BCUT2D eigenvalue weighted by Crippen LogP contribution is -2.15. The van der Waals surface area contributed by atoms with Gasteiger partial charge in [0.1, 0.15) is 16.5 Å². The second kappa shape index (κ2) is 5.14. The largest absolute Gasteiger partial charge is 0.277 e. The molecule has 0 aromatic heterocycles. The summed E-state index contributed by atoms with van der Waals surface area (Å²) in [6, 6.07) is 8.21. The van der Waals surface area contributed by atoms with Crippen LogP contribution in [0.4, 0.5) is 14.5 Å². The Morgan fingerprint density at radius 3 is 2.37 bits per heavy atom. The average Bonchev–Trinajstić information content (AvgIpc) is 2.34. The topological polar surface area (TPSA) is 46.2 Å². The molecule has 0 bridgehead atoms. The number of benzene rings is 2. The van der Waals surface area contributed by atoms with E-state index >= 15 is 0 Å². The quantitative estimate of drug-likeness (QED) is 0.944. The molecule has 0 atom stereocenters. The highest BCUT2D eigenvalue weighted by molar-refractivity contribution is 7.92. The van der Waals surface area contributed by atoms with Crippen LogP contribution in [-0.4, -0.2) is 8.42 Å². The first-order valence-electron chi connectivity index (χ1n) is 5.12. The van der Waals surface area contributed by atoms with Gasteiger partial charge >= 0.3 is 0 Å². The van der Waals surface area contributed by atoms with Crippen molar-refractivity contribution in [2.75, 3.05) is 4.72 Å². The molecule has 0 saturated heterocycles. The fourth-order valence-electron chi connectivity index (χ4n) is 1.44. The fraction of sp³-hybridized carbons (Fsp3) is 0. The summed E-state index contributed by atoms with van der Waals surface area (Å²) in [5, 5.41) is 0.160. The van der Waals surface area contributed by atoms with Gasteiger partial charge in [-0.1, -0.05) is 23.7 Å². The van der Waals surface area contributed by atoms with Crippen LogP contribution in [0.5, 0.6) is 0 Å². The van der Waals surface area contributed by atoms with Crippen LogP contribution in [0.3, 0.4) is 0 Å². The summed E-state index contributed by atoms with van der Waals surface area (Å²) >= 11 is 5.65. The summed E-state index contributed by atoms with van der Waals surface area (Å²) in [6.45, 7) is 0. The van der Waals surface area contributed by atoms with Gasteiger partial charge in [-0.3, -0.25) is 4.72 Å². The smallest absolute Gasteiger partial charge is 0.264 e. The molecule has 1 N–H and O–H groups in total. The molecule has 0 spiro atoms. The minimum Gasteiger partial charge on any atom is -0.277 e. The third kappa shape index (κ3) is 3.02. The molecular formula is C12H8ClF2NO2S. The standard InChI is InChI=1S/C12H8ClF2NO2S/c13-8-5-6-9(14)11(7-8)16-19(17,18)12-4-2-1-3-10(12)15/h1-7,16H. The summed E-state index contributed by atoms with van der Waals surface area (Å²) in [5.41, 5.74) is -0.337. The number of nitrogens with one attached hydrogen (secondary N) is 1. The molecular weight excluding hydrogens is 296 g/mol. The van der Waals surface area contributed by atoms with Gasteiger partial charge in [-0.15, -0.1) is 0 Å². The molecule has 19 heavy (non-hydrogen) atoms. The molecule has 100 valence electrons. The molecule has 0 radical (unpaired) electrons. The molecule has 0 aliphatic heterocycles. The van der Waals surface area contributed by atoms with Crippen molar-refractivity contribution in [2.45, 2.75) is 4.90 Å². The third-order valence-electron chi connectivity index (χ3n) is 2.30. The molecule has 0 amide bonds. The van der Waals surface area contributed by atoms with E-state index in [0.29, 0.717) is 0 Å². The van der Waals surface area contributed by atoms with Crippen molar-refractivity contribution in [2.24, 2.45) is 0 Å². The van der Waals surface area contributed by atoms with Gasteiger partial charge in [-0.25, -0.2) is 17.2 Å². The van der Waals surface area contributed by atoms with Gasteiger partial charge in [0.05, 0.1) is 5.69 Å². The monoisotopic (exact) mass is 303 g/mol. The van der Waals surface area contributed by atoms with E-state index in [1.807, 2.05) is 4.72 Å². The fourth-order valence-corrected chi connectivity index (χ4v) is 2.75. The maximum atomic E-state index is 13.4. The van der Waals surface area contributed by atoms with Gasteiger partial charge in [0.2, 0.25) is 0 Å². The Hall–Kier alpha value is -1.66. The van der Waals surface area contributed by atoms with Crippen molar-refractivity contribution in [3.05, 3.63) is 59.1 Å². The number of halogens is 3. The lowest BCUT2D eigenvalue weighted by Gasteiger charge is -2.09. The second-order valence-electron chi connectivity index (χ2n) is 3.66. The third-order valence-corrected chi connectivity index (χ3v) is 3.93. The van der Waals surface area contributed by atoms with E-state index in [1.54, 1.807) is 0 Å². The van der Waals surface area contributed by atoms with Crippen molar-refractivity contribution in [3.63, 3.8) is 0 Å². The Morgan fingerprint density at radius 1 is 1.00 bits per heavy atom. The summed E-state index contributed by atoms with van der Waals surface area (Å²) < 4.78 is 52.7. The van der Waals surface area contributed by atoms with Crippen molar-refractivity contribution in [1.29, 1.82) is 0 Å². The van der Waals surface area contributed by atoms with Gasteiger partial charge in [0.15, 0.2) is 0 Å². The van der Waals surface area contributed by atoms with E-state index in [-0.39, 0.29) is 10.7 Å². The number of hydrogen-bond acceptors (Lipinski definition) is 2. The Bertz CT molecular complexity index is 719. The number of hydrogen-bond donors (Lipinski definition) is 1. The molecule has 0 heterocycles. The minimum atomic E-state index is -4.21. The molecule has 0 unspecified atom stereocenters. The highest BCUT2D eigenvalue weighted by Gasteiger charge is 2.20. The van der Waals surface area contributed by atoms with Crippen molar-refractivity contribution in [1.82, 2.24) is 0 Å². The SMILES string of the molecule is O=S(=O)(Nc1cc(Cl)ccc1F)c1ccccc1F. The van der Waals surface area contributed by atoms with E-state index in [0.717, 1.165) is 24.3 Å². The van der Waals surface area contributed by atoms with Crippen LogP contribution in [0.15, 0.2) is 47.4 Å². The molecule has 0 aliphatic carbocycles. The molecule has 7 heteroatoms. The summed E-state index contributed by atoms with van der Waals surface area (Å²) in [4.78, 5) is -0.561. The van der Waals surface area contributed by atoms with E-state index in [2.05, 4.69) is 0 Å². The Labute approximate surface area is 113 Å². The summed E-state index contributed by atoms with van der Waals surface area (Å²) in [7, 11) is -4.21. The van der Waals surface area contributed by atoms with Crippen molar-refractivity contribution < 1.29 is 17.2 Å². The zero-order chi connectivity index (χ0) is 14.0. The number of sulfonamides is 1. The lowest BCUT2D eigenvalue weighted by molar-refractivity contribution is 0.569. The first-order chi connectivity index (χ1) is 8.90. The van der Waals surface area contributed by atoms with Gasteiger partial charge in [0.25, 0.3) is 10.0 Å². The lowest BCUT2D eigenvalue weighted by atomic mass is 10.3. The Balaban J connectivity index is 2.43. The van der Waals surface area contributed by atoms with Crippen molar-refractivity contribution >= 4 is 27.3 Å². The molecule has 3 nitrogen and oxygen atoms in total. The van der Waals surface area contributed by atoms with Crippen LogP contribution in [0.25, 0.3) is 0 Å². The zero-order valence-electron chi connectivity index (χ0n) is 9.40. The van der Waals surface area contributed by atoms with Crippen LogP contribution >= 0.6 is 11.6 Å². The first kappa shape index (κ1) is 13.8. The van der Waals surface area contributed by atoms with E-state index in [4.69, 9.17) is 11.6 Å². The highest BCUT2D eigenvalue weighted by atomic mass is 35.5. The first-order valence-corrected chi connectivity index (χ1v) is 6.99. The molecule has 2 aromatic carbocycles. The van der Waals surface area contributed by atoms with E-state index < -0.39 is 26.6 Å². The molecule has 0 saturated carbocycles. The minimum absolute atomic E-state index is 0.160. The van der Waals surface area contributed by atoms with Gasteiger partial charge < -0.3 is 0 Å². The average molecular weight is 304 g/mol. The predicted octanol–water partition coefficient (Wildman–Crippen LogP) is 3.42. The summed E-state index contributed by atoms with van der Waals surface area (Å²) in [6.07, 6.45) is 0. The van der Waals surface area contributed by atoms with Crippen LogP contribution in [0, 0.1) is 11.6 Å². The van der Waals surface area contributed by atoms with E-state index in [9.17, 15) is 17.2 Å². The van der Waals surface area contributed by atoms with Crippen LogP contribution in [0.1, 0.15) is 0 Å². The van der Waals surface area contributed by atoms with Gasteiger partial charge in [0, 0.05) is 5.02 Å². The van der Waals surface area contributed by atoms with Crippen LogP contribution < -0.4 is 4.72 Å². The number of anilines is 1. The predicted molar refractivity (Wildman–Crippen MR) is 68.6 cm³/mol. The molecule has 2 aromatic rings. The van der Waals surface area contributed by atoms with Gasteiger partial charge in [-0.05, 0) is 30.3 Å². The second-order valence-corrected chi connectivity index (χ2v) is 5.75. The molecule has 0 fully saturated rings. The number of rotatable bonds is 3. The molecule has 2 rings (SSSR count). The van der Waals surface area contributed by atoms with Crippen LogP contribution in [0.2, 0.25) is 5.02 Å². The normalized spacial score (nSPS) is 11.3. The Kier molecular flexibility index (Phi) is 3.73. The van der Waals surface area contributed by atoms with Crippen LogP contribution in [-0.2, 0) is 10.0 Å². The maximum Gasteiger partial charge on any atom is 0.264 e. The van der Waals surface area contributed by atoms with E-state index in [1.165, 1.54) is 18.2 Å². The van der Waals surface area contributed by atoms with Crippen molar-refractivity contribution in [3.8, 4) is 0 Å². The highest BCUT2D eigenvalue weighted by Crippen LogP contribution is 2.23. The molecule has 0 aliphatic rings. The Morgan fingerprint density at radius 2 is 1.68 bits per heavy atom. The maximum absolute atomic E-state index is 13.4. The summed E-state index contributed by atoms with van der Waals surface area (Å²) in [5.74, 6) is -1.72. The van der Waals surface area contributed by atoms with Gasteiger partial charge in [-0.2, -0.15) is 0 Å².